The molecular formula is C16H12ClNO. The minimum atomic E-state index is 0.690. The Balaban J connectivity index is 2.37. The quantitative estimate of drug-likeness (QED) is 0.636. The Kier molecular flexibility index (Phi) is 2.88. The fraction of sp³-hybridized carbons (Fsp3) is 0.0625. The second-order valence-electron chi connectivity index (χ2n) is 4.46. The van der Waals surface area contributed by atoms with Crippen LogP contribution in [0.5, 0.6) is 0 Å². The molecule has 2 nitrogen and oxygen atoms in total. The number of fused-ring (bicyclic) bond motifs is 1. The average molecular weight is 270 g/mol. The molecule has 19 heavy (non-hydrogen) atoms. The number of halogens is 1. The summed E-state index contributed by atoms with van der Waals surface area (Å²) < 4.78 is 2.04. The van der Waals surface area contributed by atoms with Crippen LogP contribution in [0.4, 0.5) is 0 Å². The van der Waals surface area contributed by atoms with Gasteiger partial charge in [0.1, 0.15) is 0 Å². The molecule has 1 aromatic heterocycles. The summed E-state index contributed by atoms with van der Waals surface area (Å²) >= 11 is 5.91. The SMILES string of the molecule is Cn1c(-c2ccc(Cl)cc2)c(C=O)c2ccccc21. The van der Waals surface area contributed by atoms with E-state index in [9.17, 15) is 4.79 Å². The zero-order chi connectivity index (χ0) is 13.4. The predicted molar refractivity (Wildman–Crippen MR) is 78.8 cm³/mol. The highest BCUT2D eigenvalue weighted by Crippen LogP contribution is 2.32. The summed E-state index contributed by atoms with van der Waals surface area (Å²) in [5.74, 6) is 0. The summed E-state index contributed by atoms with van der Waals surface area (Å²) in [5, 5.41) is 1.67. The molecule has 0 radical (unpaired) electrons. The standard InChI is InChI=1S/C16H12ClNO/c1-18-15-5-3-2-4-13(15)14(10-19)16(18)11-6-8-12(17)9-7-11/h2-10H,1H3. The van der Waals surface area contributed by atoms with Gasteiger partial charge in [-0.3, -0.25) is 4.79 Å². The van der Waals surface area contributed by atoms with Crippen LogP contribution in [-0.4, -0.2) is 10.9 Å². The highest BCUT2D eigenvalue weighted by molar-refractivity contribution is 6.30. The molecule has 0 fully saturated rings. The van der Waals surface area contributed by atoms with Crippen LogP contribution in [0.3, 0.4) is 0 Å². The number of para-hydroxylation sites is 1. The lowest BCUT2D eigenvalue weighted by Gasteiger charge is -2.05. The molecule has 94 valence electrons. The maximum absolute atomic E-state index is 11.5. The lowest BCUT2D eigenvalue weighted by molar-refractivity contribution is 0.112. The van der Waals surface area contributed by atoms with Crippen LogP contribution < -0.4 is 0 Å². The highest BCUT2D eigenvalue weighted by atomic mass is 35.5. The fourth-order valence-electron chi connectivity index (χ4n) is 2.50. The first-order valence-corrected chi connectivity index (χ1v) is 6.38. The van der Waals surface area contributed by atoms with Crippen molar-refractivity contribution >= 4 is 28.8 Å². The molecule has 2 aromatic carbocycles. The summed E-state index contributed by atoms with van der Waals surface area (Å²) in [5.41, 5.74) is 3.69. The van der Waals surface area contributed by atoms with E-state index in [0.29, 0.717) is 5.02 Å². The molecular weight excluding hydrogens is 258 g/mol. The Labute approximate surface area is 116 Å². The summed E-state index contributed by atoms with van der Waals surface area (Å²) in [6.07, 6.45) is 0.923. The van der Waals surface area contributed by atoms with Crippen LogP contribution in [0.15, 0.2) is 48.5 Å². The van der Waals surface area contributed by atoms with Gasteiger partial charge in [-0.2, -0.15) is 0 Å². The molecule has 3 rings (SSSR count). The number of carbonyl (C=O) groups excluding carboxylic acids is 1. The van der Waals surface area contributed by atoms with Gasteiger partial charge in [0.2, 0.25) is 0 Å². The Morgan fingerprint density at radius 2 is 1.74 bits per heavy atom. The maximum atomic E-state index is 11.5. The third-order valence-electron chi connectivity index (χ3n) is 3.38. The van der Waals surface area contributed by atoms with Gasteiger partial charge in [-0.05, 0) is 23.8 Å². The molecule has 0 saturated heterocycles. The number of aromatic nitrogens is 1. The number of nitrogens with zero attached hydrogens (tertiary/aromatic N) is 1. The van der Waals surface area contributed by atoms with E-state index in [1.807, 2.05) is 60.1 Å². The first-order chi connectivity index (χ1) is 9.22. The number of aldehydes is 1. The van der Waals surface area contributed by atoms with E-state index in [0.717, 1.165) is 34.0 Å². The molecule has 0 aliphatic heterocycles. The van der Waals surface area contributed by atoms with Crippen molar-refractivity contribution in [2.75, 3.05) is 0 Å². The van der Waals surface area contributed by atoms with Gasteiger partial charge < -0.3 is 4.57 Å². The topological polar surface area (TPSA) is 22.0 Å². The molecule has 0 atom stereocenters. The normalized spacial score (nSPS) is 10.8. The molecule has 0 spiro atoms. The molecule has 0 aliphatic rings. The van der Waals surface area contributed by atoms with Crippen LogP contribution in [0.2, 0.25) is 5.02 Å². The van der Waals surface area contributed by atoms with Crippen molar-refractivity contribution in [2.24, 2.45) is 7.05 Å². The number of hydrogen-bond acceptors (Lipinski definition) is 1. The van der Waals surface area contributed by atoms with Crippen molar-refractivity contribution in [1.82, 2.24) is 4.57 Å². The molecule has 0 bridgehead atoms. The third kappa shape index (κ3) is 1.85. The zero-order valence-corrected chi connectivity index (χ0v) is 11.2. The largest absolute Gasteiger partial charge is 0.343 e. The van der Waals surface area contributed by atoms with Crippen molar-refractivity contribution in [3.05, 3.63) is 59.1 Å². The number of carbonyl (C=O) groups is 1. The van der Waals surface area contributed by atoms with Gasteiger partial charge in [0.15, 0.2) is 6.29 Å². The van der Waals surface area contributed by atoms with Gasteiger partial charge >= 0.3 is 0 Å². The van der Waals surface area contributed by atoms with E-state index in [2.05, 4.69) is 0 Å². The number of rotatable bonds is 2. The monoisotopic (exact) mass is 269 g/mol. The second kappa shape index (κ2) is 4.56. The van der Waals surface area contributed by atoms with Gasteiger partial charge in [-0.15, -0.1) is 0 Å². The fourth-order valence-corrected chi connectivity index (χ4v) is 2.62. The minimum Gasteiger partial charge on any atom is -0.343 e. The minimum absolute atomic E-state index is 0.690. The second-order valence-corrected chi connectivity index (χ2v) is 4.90. The van der Waals surface area contributed by atoms with Gasteiger partial charge in [0.05, 0.1) is 5.69 Å². The van der Waals surface area contributed by atoms with E-state index >= 15 is 0 Å². The zero-order valence-electron chi connectivity index (χ0n) is 10.4. The molecule has 0 aliphatic carbocycles. The van der Waals surface area contributed by atoms with Crippen molar-refractivity contribution < 1.29 is 4.79 Å². The maximum Gasteiger partial charge on any atom is 0.152 e. The number of hydrogen-bond donors (Lipinski definition) is 0. The molecule has 0 saturated carbocycles. The van der Waals surface area contributed by atoms with Gasteiger partial charge in [0, 0.05) is 28.5 Å². The van der Waals surface area contributed by atoms with Crippen molar-refractivity contribution in [1.29, 1.82) is 0 Å². The number of aryl methyl sites for hydroxylation is 1. The summed E-state index contributed by atoms with van der Waals surface area (Å²) in [4.78, 5) is 11.5. The first-order valence-electron chi connectivity index (χ1n) is 6.01. The summed E-state index contributed by atoms with van der Waals surface area (Å²) in [6.45, 7) is 0. The van der Waals surface area contributed by atoms with E-state index < -0.39 is 0 Å². The predicted octanol–water partition coefficient (Wildman–Crippen LogP) is 4.31. The van der Waals surface area contributed by atoms with E-state index in [1.54, 1.807) is 0 Å². The van der Waals surface area contributed by atoms with Gasteiger partial charge in [-0.25, -0.2) is 0 Å². The molecule has 3 heteroatoms. The van der Waals surface area contributed by atoms with E-state index in [1.165, 1.54) is 0 Å². The highest BCUT2D eigenvalue weighted by Gasteiger charge is 2.15. The summed E-state index contributed by atoms with van der Waals surface area (Å²) in [7, 11) is 1.97. The summed E-state index contributed by atoms with van der Waals surface area (Å²) in [6, 6.07) is 15.4. The van der Waals surface area contributed by atoms with Crippen molar-refractivity contribution in [3.63, 3.8) is 0 Å². The van der Waals surface area contributed by atoms with Crippen molar-refractivity contribution in [3.8, 4) is 11.3 Å². The first kappa shape index (κ1) is 12.0. The lowest BCUT2D eigenvalue weighted by atomic mass is 10.1. The Bertz CT molecular complexity index is 756. The van der Waals surface area contributed by atoms with Crippen LogP contribution in [0.25, 0.3) is 22.2 Å². The van der Waals surface area contributed by atoms with Crippen LogP contribution in [0.1, 0.15) is 10.4 Å². The van der Waals surface area contributed by atoms with E-state index in [-0.39, 0.29) is 0 Å². The molecule has 3 aromatic rings. The van der Waals surface area contributed by atoms with Crippen LogP contribution in [-0.2, 0) is 7.05 Å². The average Bonchev–Trinajstić information content (AvgIpc) is 2.73. The van der Waals surface area contributed by atoms with Crippen molar-refractivity contribution in [2.45, 2.75) is 0 Å². The Morgan fingerprint density at radius 3 is 2.42 bits per heavy atom. The third-order valence-corrected chi connectivity index (χ3v) is 3.63. The van der Waals surface area contributed by atoms with E-state index in [4.69, 9.17) is 11.6 Å². The molecule has 0 N–H and O–H groups in total. The van der Waals surface area contributed by atoms with Crippen LogP contribution in [0, 0.1) is 0 Å². The van der Waals surface area contributed by atoms with Crippen LogP contribution >= 0.6 is 11.6 Å². The molecule has 0 amide bonds. The van der Waals surface area contributed by atoms with Gasteiger partial charge in [-0.1, -0.05) is 41.9 Å². The lowest BCUT2D eigenvalue weighted by Crippen LogP contribution is -1.93. The van der Waals surface area contributed by atoms with Gasteiger partial charge in [0.25, 0.3) is 0 Å². The smallest absolute Gasteiger partial charge is 0.152 e. The molecule has 1 heterocycles. The molecule has 0 unspecified atom stereocenters. The number of benzene rings is 2. The Hall–Kier alpha value is -2.06. The Morgan fingerprint density at radius 1 is 1.05 bits per heavy atom.